The Balaban J connectivity index is 1.44. The molecule has 0 amide bonds. The Morgan fingerprint density at radius 2 is 1.55 bits per heavy atom. The normalized spacial score (nSPS) is 11.5. The van der Waals surface area contributed by atoms with E-state index in [4.69, 9.17) is 16.6 Å². The van der Waals surface area contributed by atoms with Crippen LogP contribution in [-0.4, -0.2) is 13.4 Å². The number of rotatable bonds is 6. The minimum absolute atomic E-state index is 0.190. The molecular weight excluding hydrogens is 424 g/mol. The van der Waals surface area contributed by atoms with Gasteiger partial charge in [0.25, 0.3) is 0 Å². The first-order valence-corrected chi connectivity index (χ1v) is 11.6. The molecule has 3 aromatic carbocycles. The molecular formula is C22H17ClN2O2S2. The predicted octanol–water partition coefficient (Wildman–Crippen LogP) is 5.61. The summed E-state index contributed by atoms with van der Waals surface area (Å²) >= 11 is 7.40. The zero-order chi connectivity index (χ0) is 20.3. The summed E-state index contributed by atoms with van der Waals surface area (Å²) in [5.74, 6) is 0. The molecule has 29 heavy (non-hydrogen) atoms. The molecule has 7 heteroatoms. The number of hydrogen-bond donors (Lipinski definition) is 1. The average Bonchev–Trinajstić information content (AvgIpc) is 3.24. The Morgan fingerprint density at radius 3 is 2.24 bits per heavy atom. The first kappa shape index (κ1) is 19.8. The summed E-state index contributed by atoms with van der Waals surface area (Å²) in [6, 6.07) is 23.9. The highest BCUT2D eigenvalue weighted by atomic mass is 35.5. The van der Waals surface area contributed by atoms with Gasteiger partial charge in [-0.25, -0.2) is 18.1 Å². The van der Waals surface area contributed by atoms with Gasteiger partial charge in [-0.2, -0.15) is 0 Å². The Labute approximate surface area is 178 Å². The van der Waals surface area contributed by atoms with Crippen molar-refractivity contribution in [3.63, 3.8) is 0 Å². The van der Waals surface area contributed by atoms with E-state index in [1.54, 1.807) is 23.5 Å². The Hall–Kier alpha value is -2.51. The largest absolute Gasteiger partial charge is 0.240 e. The van der Waals surface area contributed by atoms with Crippen molar-refractivity contribution < 1.29 is 8.42 Å². The van der Waals surface area contributed by atoms with Crippen LogP contribution < -0.4 is 4.72 Å². The summed E-state index contributed by atoms with van der Waals surface area (Å²) in [6.45, 7) is 0.207. The SMILES string of the molecule is O=S(=O)(NCc1ccc(-c2nc(-c3ccccc3)cs2)cc1)c1ccc(Cl)cc1. The fourth-order valence-electron chi connectivity index (χ4n) is 2.79. The summed E-state index contributed by atoms with van der Waals surface area (Å²) in [7, 11) is -3.58. The van der Waals surface area contributed by atoms with Gasteiger partial charge in [0, 0.05) is 28.1 Å². The van der Waals surface area contributed by atoms with E-state index in [0.717, 1.165) is 27.4 Å². The monoisotopic (exact) mass is 440 g/mol. The lowest BCUT2D eigenvalue weighted by Crippen LogP contribution is -2.23. The summed E-state index contributed by atoms with van der Waals surface area (Å²) in [5.41, 5.74) is 3.90. The van der Waals surface area contributed by atoms with E-state index < -0.39 is 10.0 Å². The van der Waals surface area contributed by atoms with Crippen LogP contribution in [0.3, 0.4) is 0 Å². The lowest BCUT2D eigenvalue weighted by Gasteiger charge is -2.07. The van der Waals surface area contributed by atoms with E-state index in [1.165, 1.54) is 12.1 Å². The van der Waals surface area contributed by atoms with Crippen molar-refractivity contribution >= 4 is 33.0 Å². The second-order valence-corrected chi connectivity index (χ2v) is 9.44. The molecule has 0 aliphatic rings. The fourth-order valence-corrected chi connectivity index (χ4v) is 4.77. The fraction of sp³-hybridized carbons (Fsp3) is 0.0455. The third-order valence-electron chi connectivity index (χ3n) is 4.36. The van der Waals surface area contributed by atoms with Gasteiger partial charge in [-0.1, -0.05) is 66.2 Å². The molecule has 1 heterocycles. The van der Waals surface area contributed by atoms with Crippen LogP contribution in [0.15, 0.2) is 89.1 Å². The predicted molar refractivity (Wildman–Crippen MR) is 118 cm³/mol. The second-order valence-electron chi connectivity index (χ2n) is 6.38. The molecule has 0 atom stereocenters. The van der Waals surface area contributed by atoms with Crippen LogP contribution in [0.1, 0.15) is 5.56 Å². The van der Waals surface area contributed by atoms with Gasteiger partial charge in [0.1, 0.15) is 5.01 Å². The van der Waals surface area contributed by atoms with Crippen molar-refractivity contribution in [3.05, 3.63) is 94.8 Å². The van der Waals surface area contributed by atoms with Crippen LogP contribution in [0.2, 0.25) is 5.02 Å². The van der Waals surface area contributed by atoms with E-state index in [9.17, 15) is 8.42 Å². The summed E-state index contributed by atoms with van der Waals surface area (Å²) in [5, 5.41) is 3.47. The molecule has 4 nitrogen and oxygen atoms in total. The summed E-state index contributed by atoms with van der Waals surface area (Å²) < 4.78 is 27.4. The van der Waals surface area contributed by atoms with E-state index in [0.29, 0.717) is 5.02 Å². The number of benzene rings is 3. The van der Waals surface area contributed by atoms with Crippen molar-refractivity contribution in [3.8, 4) is 21.8 Å². The lowest BCUT2D eigenvalue weighted by atomic mass is 10.1. The van der Waals surface area contributed by atoms with Gasteiger partial charge in [0.15, 0.2) is 0 Å². The number of thiazole rings is 1. The summed E-state index contributed by atoms with van der Waals surface area (Å²) in [6.07, 6.45) is 0. The van der Waals surface area contributed by atoms with Crippen LogP contribution in [0.4, 0.5) is 0 Å². The molecule has 1 aromatic heterocycles. The molecule has 0 aliphatic heterocycles. The molecule has 4 aromatic rings. The minimum atomic E-state index is -3.58. The van der Waals surface area contributed by atoms with E-state index in [1.807, 2.05) is 60.0 Å². The van der Waals surface area contributed by atoms with Crippen LogP contribution in [-0.2, 0) is 16.6 Å². The summed E-state index contributed by atoms with van der Waals surface area (Å²) in [4.78, 5) is 4.90. The molecule has 146 valence electrons. The van der Waals surface area contributed by atoms with Crippen LogP contribution in [0.25, 0.3) is 21.8 Å². The van der Waals surface area contributed by atoms with Gasteiger partial charge < -0.3 is 0 Å². The van der Waals surface area contributed by atoms with Gasteiger partial charge in [-0.3, -0.25) is 0 Å². The van der Waals surface area contributed by atoms with Crippen LogP contribution >= 0.6 is 22.9 Å². The Bertz CT molecular complexity index is 1200. The molecule has 0 radical (unpaired) electrons. The Morgan fingerprint density at radius 1 is 0.862 bits per heavy atom. The number of nitrogens with one attached hydrogen (secondary N) is 1. The van der Waals surface area contributed by atoms with E-state index >= 15 is 0 Å². The van der Waals surface area contributed by atoms with Gasteiger partial charge >= 0.3 is 0 Å². The maximum atomic E-state index is 12.4. The first-order chi connectivity index (χ1) is 14.0. The first-order valence-electron chi connectivity index (χ1n) is 8.87. The van der Waals surface area contributed by atoms with Gasteiger partial charge in [0.05, 0.1) is 10.6 Å². The van der Waals surface area contributed by atoms with Crippen molar-refractivity contribution in [2.24, 2.45) is 0 Å². The highest BCUT2D eigenvalue weighted by Gasteiger charge is 2.13. The lowest BCUT2D eigenvalue weighted by molar-refractivity contribution is 0.581. The van der Waals surface area contributed by atoms with Crippen molar-refractivity contribution in [2.45, 2.75) is 11.4 Å². The topological polar surface area (TPSA) is 59.1 Å². The maximum absolute atomic E-state index is 12.4. The van der Waals surface area contributed by atoms with Gasteiger partial charge in [-0.15, -0.1) is 11.3 Å². The number of halogens is 1. The van der Waals surface area contributed by atoms with Gasteiger partial charge in [0.2, 0.25) is 10.0 Å². The average molecular weight is 441 g/mol. The zero-order valence-corrected chi connectivity index (χ0v) is 17.6. The van der Waals surface area contributed by atoms with Crippen LogP contribution in [0, 0.1) is 0 Å². The molecule has 0 saturated heterocycles. The van der Waals surface area contributed by atoms with E-state index in [-0.39, 0.29) is 11.4 Å². The molecule has 0 fully saturated rings. The smallest absolute Gasteiger partial charge is 0.236 e. The Kier molecular flexibility index (Phi) is 5.78. The second kappa shape index (κ2) is 8.47. The molecule has 0 saturated carbocycles. The molecule has 1 N–H and O–H groups in total. The number of hydrogen-bond acceptors (Lipinski definition) is 4. The molecule has 0 bridgehead atoms. The minimum Gasteiger partial charge on any atom is -0.236 e. The molecule has 4 rings (SSSR count). The van der Waals surface area contributed by atoms with Crippen LogP contribution in [0.5, 0.6) is 0 Å². The third kappa shape index (κ3) is 4.74. The molecule has 0 aliphatic carbocycles. The number of sulfonamides is 1. The van der Waals surface area contributed by atoms with Crippen molar-refractivity contribution in [1.29, 1.82) is 0 Å². The van der Waals surface area contributed by atoms with E-state index in [2.05, 4.69) is 4.72 Å². The number of aromatic nitrogens is 1. The van der Waals surface area contributed by atoms with Crippen molar-refractivity contribution in [2.75, 3.05) is 0 Å². The highest BCUT2D eigenvalue weighted by Crippen LogP contribution is 2.29. The quantitative estimate of drug-likeness (QED) is 0.424. The third-order valence-corrected chi connectivity index (χ3v) is 6.93. The zero-order valence-electron chi connectivity index (χ0n) is 15.2. The van der Waals surface area contributed by atoms with Crippen molar-refractivity contribution in [1.82, 2.24) is 9.71 Å². The molecule has 0 unspecified atom stereocenters. The number of nitrogens with zero attached hydrogens (tertiary/aromatic N) is 1. The van der Waals surface area contributed by atoms with Gasteiger partial charge in [-0.05, 0) is 29.8 Å². The standard InChI is InChI=1S/C22H17ClN2O2S2/c23-19-10-12-20(13-11-19)29(26,27)24-14-16-6-8-18(9-7-16)22-25-21(15-28-22)17-4-2-1-3-5-17/h1-13,15,24H,14H2. The maximum Gasteiger partial charge on any atom is 0.240 e. The highest BCUT2D eigenvalue weighted by molar-refractivity contribution is 7.89. The molecule has 0 spiro atoms.